The fraction of sp³-hybridized carbons (Fsp3) is 0.533. The molecule has 104 valence electrons. The van der Waals surface area contributed by atoms with Crippen LogP contribution in [0.15, 0.2) is 24.3 Å². The van der Waals surface area contributed by atoms with E-state index < -0.39 is 5.97 Å². The summed E-state index contributed by atoms with van der Waals surface area (Å²) in [6.45, 7) is 3.85. The zero-order valence-electron chi connectivity index (χ0n) is 11.5. The van der Waals surface area contributed by atoms with Crippen LogP contribution in [0.1, 0.15) is 31.4 Å². The van der Waals surface area contributed by atoms with E-state index >= 15 is 0 Å². The van der Waals surface area contributed by atoms with Crippen molar-refractivity contribution in [2.75, 3.05) is 20.2 Å². The number of nitrogens with zero attached hydrogens (tertiary/aromatic N) is 1. The number of likely N-dealkylation sites (tertiary alicyclic amines) is 1. The summed E-state index contributed by atoms with van der Waals surface area (Å²) in [5.74, 6) is 0.0345. The first kappa shape index (κ1) is 13.9. The molecular weight excluding hydrogens is 242 g/mol. The van der Waals surface area contributed by atoms with Crippen molar-refractivity contribution in [2.24, 2.45) is 5.92 Å². The number of piperidine rings is 1. The highest BCUT2D eigenvalue weighted by Crippen LogP contribution is 2.28. The van der Waals surface area contributed by atoms with Gasteiger partial charge in [0.15, 0.2) is 0 Å². The highest BCUT2D eigenvalue weighted by atomic mass is 16.5. The molecule has 0 aromatic heterocycles. The van der Waals surface area contributed by atoms with E-state index in [0.717, 1.165) is 31.7 Å². The molecule has 0 spiro atoms. The van der Waals surface area contributed by atoms with Crippen molar-refractivity contribution >= 4 is 5.97 Å². The van der Waals surface area contributed by atoms with Crippen LogP contribution in [0, 0.1) is 5.92 Å². The summed E-state index contributed by atoms with van der Waals surface area (Å²) >= 11 is 0. The van der Waals surface area contributed by atoms with Gasteiger partial charge in [-0.1, -0.05) is 12.1 Å². The first-order valence-electron chi connectivity index (χ1n) is 6.72. The van der Waals surface area contributed by atoms with E-state index in [1.807, 2.05) is 18.2 Å². The molecule has 1 saturated heterocycles. The molecule has 1 atom stereocenters. The maximum atomic E-state index is 10.9. The summed E-state index contributed by atoms with van der Waals surface area (Å²) in [4.78, 5) is 13.3. The third kappa shape index (κ3) is 3.26. The SMILES string of the molecule is COc1cccc(C(C)N2CCC(C(=O)O)CC2)c1. The molecule has 1 fully saturated rings. The van der Waals surface area contributed by atoms with Gasteiger partial charge in [0.2, 0.25) is 0 Å². The molecule has 0 amide bonds. The molecule has 0 saturated carbocycles. The molecule has 0 radical (unpaired) electrons. The summed E-state index contributed by atoms with van der Waals surface area (Å²) in [6.07, 6.45) is 1.48. The maximum absolute atomic E-state index is 10.9. The summed E-state index contributed by atoms with van der Waals surface area (Å²) in [7, 11) is 1.67. The van der Waals surface area contributed by atoms with Crippen molar-refractivity contribution in [1.82, 2.24) is 4.90 Å². The van der Waals surface area contributed by atoms with Gasteiger partial charge in [-0.2, -0.15) is 0 Å². The molecule has 0 aliphatic carbocycles. The van der Waals surface area contributed by atoms with Gasteiger partial charge in [0.1, 0.15) is 5.75 Å². The fourth-order valence-corrected chi connectivity index (χ4v) is 2.65. The highest BCUT2D eigenvalue weighted by molar-refractivity contribution is 5.70. The van der Waals surface area contributed by atoms with Gasteiger partial charge in [0, 0.05) is 6.04 Å². The van der Waals surface area contributed by atoms with Crippen molar-refractivity contribution in [2.45, 2.75) is 25.8 Å². The molecular formula is C15H21NO3. The van der Waals surface area contributed by atoms with Crippen molar-refractivity contribution < 1.29 is 14.6 Å². The summed E-state index contributed by atoms with van der Waals surface area (Å²) in [5.41, 5.74) is 1.22. The highest BCUT2D eigenvalue weighted by Gasteiger charge is 2.27. The Hall–Kier alpha value is -1.55. The van der Waals surface area contributed by atoms with E-state index in [4.69, 9.17) is 9.84 Å². The summed E-state index contributed by atoms with van der Waals surface area (Å²) in [6, 6.07) is 8.37. The number of methoxy groups -OCH3 is 1. The van der Waals surface area contributed by atoms with Gasteiger partial charge < -0.3 is 9.84 Å². The third-order valence-corrected chi connectivity index (χ3v) is 4.00. The molecule has 1 unspecified atom stereocenters. The van der Waals surface area contributed by atoms with E-state index in [0.29, 0.717) is 6.04 Å². The molecule has 1 aromatic rings. The fourth-order valence-electron chi connectivity index (χ4n) is 2.65. The molecule has 2 rings (SSSR count). The van der Waals surface area contributed by atoms with Gasteiger partial charge in [0.05, 0.1) is 13.0 Å². The Kier molecular flexibility index (Phi) is 4.43. The lowest BCUT2D eigenvalue weighted by atomic mass is 9.95. The number of rotatable bonds is 4. The summed E-state index contributed by atoms with van der Waals surface area (Å²) in [5, 5.41) is 9.01. The average molecular weight is 263 g/mol. The van der Waals surface area contributed by atoms with Crippen molar-refractivity contribution in [3.63, 3.8) is 0 Å². The first-order chi connectivity index (χ1) is 9.11. The minimum Gasteiger partial charge on any atom is -0.497 e. The zero-order chi connectivity index (χ0) is 13.8. The zero-order valence-corrected chi connectivity index (χ0v) is 11.5. The normalized spacial score (nSPS) is 19.1. The standard InChI is InChI=1S/C15H21NO3/c1-11(13-4-3-5-14(10-13)19-2)16-8-6-12(7-9-16)15(17)18/h3-5,10-12H,6-9H2,1-2H3,(H,17,18). The molecule has 1 aromatic carbocycles. The number of hydrogen-bond acceptors (Lipinski definition) is 3. The van der Waals surface area contributed by atoms with Gasteiger partial charge >= 0.3 is 5.97 Å². The van der Waals surface area contributed by atoms with Gasteiger partial charge in [-0.25, -0.2) is 0 Å². The Balaban J connectivity index is 2.00. The Morgan fingerprint density at radius 2 is 2.11 bits per heavy atom. The third-order valence-electron chi connectivity index (χ3n) is 4.00. The Morgan fingerprint density at radius 3 is 2.68 bits per heavy atom. The van der Waals surface area contributed by atoms with Crippen LogP contribution in [0.5, 0.6) is 5.75 Å². The van der Waals surface area contributed by atoms with Crippen molar-refractivity contribution in [3.05, 3.63) is 29.8 Å². The van der Waals surface area contributed by atoms with Gasteiger partial charge in [-0.3, -0.25) is 9.69 Å². The van der Waals surface area contributed by atoms with Crippen LogP contribution in [0.25, 0.3) is 0 Å². The monoisotopic (exact) mass is 263 g/mol. The van der Waals surface area contributed by atoms with Crippen LogP contribution in [0.3, 0.4) is 0 Å². The lowest BCUT2D eigenvalue weighted by Crippen LogP contribution is -2.37. The average Bonchev–Trinajstić information content (AvgIpc) is 2.46. The lowest BCUT2D eigenvalue weighted by Gasteiger charge is -2.35. The molecule has 1 heterocycles. The molecule has 19 heavy (non-hydrogen) atoms. The van der Waals surface area contributed by atoms with Crippen LogP contribution >= 0.6 is 0 Å². The van der Waals surface area contributed by atoms with Crippen LogP contribution in [0.4, 0.5) is 0 Å². The number of ether oxygens (including phenoxy) is 1. The second-order valence-corrected chi connectivity index (χ2v) is 5.10. The molecule has 1 aliphatic heterocycles. The lowest BCUT2D eigenvalue weighted by molar-refractivity contribution is -0.143. The van der Waals surface area contributed by atoms with Crippen LogP contribution < -0.4 is 4.74 Å². The molecule has 4 heteroatoms. The van der Waals surface area contributed by atoms with E-state index in [1.165, 1.54) is 5.56 Å². The van der Waals surface area contributed by atoms with E-state index in [9.17, 15) is 4.79 Å². The van der Waals surface area contributed by atoms with Crippen LogP contribution in [-0.2, 0) is 4.79 Å². The maximum Gasteiger partial charge on any atom is 0.306 e. The number of carboxylic acids is 1. The van der Waals surface area contributed by atoms with Crippen molar-refractivity contribution in [3.8, 4) is 5.75 Å². The molecule has 0 bridgehead atoms. The molecule has 1 N–H and O–H groups in total. The summed E-state index contributed by atoms with van der Waals surface area (Å²) < 4.78 is 5.24. The quantitative estimate of drug-likeness (QED) is 0.907. The van der Waals surface area contributed by atoms with Gasteiger partial charge in [0.25, 0.3) is 0 Å². The number of aliphatic carboxylic acids is 1. The van der Waals surface area contributed by atoms with E-state index in [-0.39, 0.29) is 5.92 Å². The van der Waals surface area contributed by atoms with Crippen molar-refractivity contribution in [1.29, 1.82) is 0 Å². The largest absolute Gasteiger partial charge is 0.497 e. The Labute approximate surface area is 114 Å². The molecule has 4 nitrogen and oxygen atoms in total. The Bertz CT molecular complexity index is 439. The van der Waals surface area contributed by atoms with Crippen LogP contribution in [0.2, 0.25) is 0 Å². The van der Waals surface area contributed by atoms with E-state index in [2.05, 4.69) is 17.9 Å². The topological polar surface area (TPSA) is 49.8 Å². The first-order valence-corrected chi connectivity index (χ1v) is 6.72. The predicted molar refractivity (Wildman–Crippen MR) is 73.3 cm³/mol. The number of carbonyl (C=O) groups is 1. The van der Waals surface area contributed by atoms with Gasteiger partial charge in [-0.05, 0) is 50.6 Å². The van der Waals surface area contributed by atoms with E-state index in [1.54, 1.807) is 7.11 Å². The second kappa shape index (κ2) is 6.06. The van der Waals surface area contributed by atoms with Gasteiger partial charge in [-0.15, -0.1) is 0 Å². The Morgan fingerprint density at radius 1 is 1.42 bits per heavy atom. The van der Waals surface area contributed by atoms with Crippen LogP contribution in [-0.4, -0.2) is 36.2 Å². The number of benzene rings is 1. The minimum atomic E-state index is -0.659. The predicted octanol–water partition coefficient (Wildman–Crippen LogP) is 2.55. The minimum absolute atomic E-state index is 0.172. The number of carboxylic acid groups (broad SMARTS) is 1. The molecule has 1 aliphatic rings. The second-order valence-electron chi connectivity index (χ2n) is 5.10. The smallest absolute Gasteiger partial charge is 0.306 e. The number of hydrogen-bond donors (Lipinski definition) is 1.